The number of nitrogens with zero attached hydrogens (tertiary/aromatic N) is 4. The fourth-order valence-electron chi connectivity index (χ4n) is 3.14. The lowest BCUT2D eigenvalue weighted by Crippen LogP contribution is -2.02. The number of aromatic nitrogens is 4. The molecule has 2 aliphatic carbocycles. The first-order chi connectivity index (χ1) is 12.8. The van der Waals surface area contributed by atoms with E-state index in [1.807, 2.05) is 18.2 Å². The average molecular weight is 385 g/mol. The van der Waals surface area contributed by atoms with Crippen molar-refractivity contribution in [1.29, 1.82) is 0 Å². The highest BCUT2D eigenvalue weighted by molar-refractivity contribution is 7.98. The molecule has 0 spiro atoms. The van der Waals surface area contributed by atoms with Crippen molar-refractivity contribution in [3.63, 3.8) is 0 Å². The van der Waals surface area contributed by atoms with E-state index >= 15 is 0 Å². The van der Waals surface area contributed by atoms with Gasteiger partial charge in [-0.05, 0) is 37.8 Å². The molecule has 0 saturated heterocycles. The smallest absolute Gasteiger partial charge is 0.191 e. The van der Waals surface area contributed by atoms with E-state index in [9.17, 15) is 0 Å². The van der Waals surface area contributed by atoms with Gasteiger partial charge in [-0.3, -0.25) is 0 Å². The fourth-order valence-corrected chi connectivity index (χ4v) is 5.00. The van der Waals surface area contributed by atoms with Gasteiger partial charge < -0.3 is 9.30 Å². The van der Waals surface area contributed by atoms with Gasteiger partial charge in [0.25, 0.3) is 0 Å². The Balaban J connectivity index is 1.33. The van der Waals surface area contributed by atoms with Crippen LogP contribution < -0.4 is 4.74 Å². The van der Waals surface area contributed by atoms with Crippen molar-refractivity contribution in [2.24, 2.45) is 0 Å². The molecule has 134 valence electrons. The van der Waals surface area contributed by atoms with E-state index in [-0.39, 0.29) is 0 Å². The number of para-hydroxylation sites is 1. The molecule has 2 aromatic heterocycles. The summed E-state index contributed by atoms with van der Waals surface area (Å²) in [7, 11) is 1.70. The highest BCUT2D eigenvalue weighted by Gasteiger charge is 2.36. The summed E-state index contributed by atoms with van der Waals surface area (Å²) in [5, 5.41) is 13.2. The molecule has 0 N–H and O–H groups in total. The van der Waals surface area contributed by atoms with Crippen LogP contribution in [0.25, 0.3) is 10.6 Å². The number of hydrogen-bond donors (Lipinski definition) is 0. The zero-order valence-electron chi connectivity index (χ0n) is 14.6. The molecule has 0 bridgehead atoms. The minimum absolute atomic E-state index is 0.627. The molecule has 5 rings (SSSR count). The Morgan fingerprint density at radius 2 is 2.04 bits per heavy atom. The summed E-state index contributed by atoms with van der Waals surface area (Å²) in [5.74, 6) is 3.54. The zero-order valence-corrected chi connectivity index (χ0v) is 16.2. The molecule has 0 atom stereocenters. The minimum atomic E-state index is 0.627. The molecule has 1 aromatic carbocycles. The third-order valence-electron chi connectivity index (χ3n) is 4.78. The predicted octanol–water partition coefficient (Wildman–Crippen LogP) is 4.91. The first-order valence-corrected chi connectivity index (χ1v) is 10.9. The van der Waals surface area contributed by atoms with Crippen molar-refractivity contribution in [3.05, 3.63) is 41.2 Å². The summed E-state index contributed by atoms with van der Waals surface area (Å²) in [6.07, 6.45) is 5.06. The molecule has 2 heterocycles. The SMILES string of the molecule is COc1ccccc1-c1nc(CSc2nnc(C3CC3)n2C2CC2)cs1. The fraction of sp³-hybridized carbons (Fsp3) is 0.421. The molecule has 7 heteroatoms. The van der Waals surface area contributed by atoms with Gasteiger partial charge in [0.2, 0.25) is 0 Å². The van der Waals surface area contributed by atoms with Crippen molar-refractivity contribution in [2.45, 2.75) is 48.6 Å². The quantitative estimate of drug-likeness (QED) is 0.542. The summed E-state index contributed by atoms with van der Waals surface area (Å²) < 4.78 is 7.86. The van der Waals surface area contributed by atoms with Crippen LogP contribution in [0.3, 0.4) is 0 Å². The number of ether oxygens (including phenoxy) is 1. The van der Waals surface area contributed by atoms with E-state index < -0.39 is 0 Å². The normalized spacial score (nSPS) is 16.8. The highest BCUT2D eigenvalue weighted by atomic mass is 32.2. The second-order valence-electron chi connectivity index (χ2n) is 6.85. The molecule has 0 amide bonds. The Bertz CT molecular complexity index is 927. The molecule has 26 heavy (non-hydrogen) atoms. The van der Waals surface area contributed by atoms with Gasteiger partial charge in [-0.2, -0.15) is 0 Å². The minimum Gasteiger partial charge on any atom is -0.496 e. The van der Waals surface area contributed by atoms with Crippen LogP contribution in [0.2, 0.25) is 0 Å². The number of thioether (sulfide) groups is 1. The van der Waals surface area contributed by atoms with Crippen LogP contribution in [0, 0.1) is 0 Å². The second-order valence-corrected chi connectivity index (χ2v) is 8.65. The van der Waals surface area contributed by atoms with E-state index in [1.165, 1.54) is 31.5 Å². The van der Waals surface area contributed by atoms with Crippen LogP contribution in [0.1, 0.15) is 49.2 Å². The van der Waals surface area contributed by atoms with Gasteiger partial charge in [0, 0.05) is 23.1 Å². The van der Waals surface area contributed by atoms with Crippen molar-refractivity contribution < 1.29 is 4.74 Å². The molecular formula is C19H20N4OS2. The standard InChI is InChI=1S/C19H20N4OS2/c1-24-16-5-3-2-4-15(16)18-20-13(10-25-18)11-26-19-22-21-17(12-6-7-12)23(19)14-8-9-14/h2-5,10,12,14H,6-9,11H2,1H3. The second kappa shape index (κ2) is 6.70. The molecule has 0 unspecified atom stereocenters. The Kier molecular flexibility index (Phi) is 4.21. The maximum atomic E-state index is 5.46. The Hall–Kier alpha value is -1.86. The van der Waals surface area contributed by atoms with Gasteiger partial charge >= 0.3 is 0 Å². The molecule has 2 saturated carbocycles. The van der Waals surface area contributed by atoms with Crippen molar-refractivity contribution in [3.8, 4) is 16.3 Å². The van der Waals surface area contributed by atoms with E-state index in [0.717, 1.165) is 32.9 Å². The molecule has 0 aliphatic heterocycles. The topological polar surface area (TPSA) is 52.8 Å². The Labute approximate surface area is 160 Å². The van der Waals surface area contributed by atoms with Crippen LogP contribution in [-0.2, 0) is 5.75 Å². The van der Waals surface area contributed by atoms with Gasteiger partial charge in [0.05, 0.1) is 18.4 Å². The Morgan fingerprint density at radius 3 is 2.81 bits per heavy atom. The number of methoxy groups -OCH3 is 1. The first kappa shape index (κ1) is 16.3. The van der Waals surface area contributed by atoms with Gasteiger partial charge in [-0.1, -0.05) is 23.9 Å². The molecule has 2 fully saturated rings. The third-order valence-corrected chi connectivity index (χ3v) is 6.68. The van der Waals surface area contributed by atoms with Crippen molar-refractivity contribution >= 4 is 23.1 Å². The third kappa shape index (κ3) is 3.14. The average Bonchev–Trinajstić information content (AvgIpc) is 3.61. The summed E-state index contributed by atoms with van der Waals surface area (Å²) in [6, 6.07) is 8.66. The lowest BCUT2D eigenvalue weighted by molar-refractivity contribution is 0.416. The molecule has 3 aromatic rings. The summed E-state index contributed by atoms with van der Waals surface area (Å²) in [5.41, 5.74) is 2.13. The van der Waals surface area contributed by atoms with Crippen LogP contribution in [0.4, 0.5) is 0 Å². The lowest BCUT2D eigenvalue weighted by Gasteiger charge is -2.07. The monoisotopic (exact) mass is 384 g/mol. The van der Waals surface area contributed by atoms with Crippen LogP contribution in [0.15, 0.2) is 34.8 Å². The van der Waals surface area contributed by atoms with Gasteiger partial charge in [-0.25, -0.2) is 4.98 Å². The largest absolute Gasteiger partial charge is 0.496 e. The predicted molar refractivity (Wildman–Crippen MR) is 104 cm³/mol. The van der Waals surface area contributed by atoms with E-state index in [4.69, 9.17) is 9.72 Å². The van der Waals surface area contributed by atoms with E-state index in [0.29, 0.717) is 12.0 Å². The molecule has 0 radical (unpaired) electrons. The number of thiazole rings is 1. The zero-order chi connectivity index (χ0) is 17.5. The summed E-state index contributed by atoms with van der Waals surface area (Å²) >= 11 is 3.42. The summed E-state index contributed by atoms with van der Waals surface area (Å²) in [6.45, 7) is 0. The molecular weight excluding hydrogens is 364 g/mol. The number of benzene rings is 1. The van der Waals surface area contributed by atoms with Crippen LogP contribution in [-0.4, -0.2) is 26.9 Å². The highest BCUT2D eigenvalue weighted by Crippen LogP contribution is 2.46. The number of rotatable bonds is 7. The van der Waals surface area contributed by atoms with E-state index in [1.54, 1.807) is 30.2 Å². The lowest BCUT2D eigenvalue weighted by atomic mass is 10.2. The Morgan fingerprint density at radius 1 is 1.19 bits per heavy atom. The van der Waals surface area contributed by atoms with Gasteiger partial charge in [0.1, 0.15) is 16.6 Å². The number of hydrogen-bond acceptors (Lipinski definition) is 6. The summed E-state index contributed by atoms with van der Waals surface area (Å²) in [4.78, 5) is 4.81. The van der Waals surface area contributed by atoms with Crippen molar-refractivity contribution in [2.75, 3.05) is 7.11 Å². The molecule has 2 aliphatic rings. The van der Waals surface area contributed by atoms with Crippen LogP contribution >= 0.6 is 23.1 Å². The van der Waals surface area contributed by atoms with E-state index in [2.05, 4.69) is 26.2 Å². The van der Waals surface area contributed by atoms with Gasteiger partial charge in [0.15, 0.2) is 5.16 Å². The maximum absolute atomic E-state index is 5.46. The first-order valence-electron chi connectivity index (χ1n) is 8.99. The van der Waals surface area contributed by atoms with Gasteiger partial charge in [-0.15, -0.1) is 21.5 Å². The molecule has 5 nitrogen and oxygen atoms in total. The van der Waals surface area contributed by atoms with Crippen LogP contribution in [0.5, 0.6) is 5.75 Å². The van der Waals surface area contributed by atoms with Crippen molar-refractivity contribution in [1.82, 2.24) is 19.7 Å². The maximum Gasteiger partial charge on any atom is 0.191 e.